The second-order valence-corrected chi connectivity index (χ2v) is 7.28. The van der Waals surface area contributed by atoms with Crippen molar-refractivity contribution in [2.75, 3.05) is 19.8 Å². The number of benzene rings is 1. The Hall–Kier alpha value is -1.43. The van der Waals surface area contributed by atoms with Crippen molar-refractivity contribution < 1.29 is 14.3 Å². The molecular weight excluding hydrogens is 316 g/mol. The predicted molar refractivity (Wildman–Crippen MR) is 98.1 cm³/mol. The van der Waals surface area contributed by atoms with Gasteiger partial charge in [-0.3, -0.25) is 4.79 Å². The third-order valence-electron chi connectivity index (χ3n) is 5.59. The Morgan fingerprint density at radius 2 is 2.04 bits per heavy atom. The number of rotatable bonds is 7. The molecule has 0 unspecified atom stereocenters. The molecule has 0 spiro atoms. The number of hydrogen-bond acceptors (Lipinski definition) is 5. The molecule has 5 nitrogen and oxygen atoms in total. The van der Waals surface area contributed by atoms with Crippen LogP contribution in [0.25, 0.3) is 0 Å². The first-order chi connectivity index (χ1) is 12.2. The standard InChI is InChI=1S/C20H30N2O3/c1-14-3-2-4-19(24-12-11-23)20(14)15-5-7-16(8-6-15)25-13-18-17(21)9-10-22-18/h2-4,11,15-18,22H,5-10,12-13,21H2,1H3/t15?,16?,17-,18-/m0/s1. The SMILES string of the molecule is Cc1cccc(OCC=O)c1C1CCC(OC[C@@H]2NCC[C@@H]2N)CC1. The van der Waals surface area contributed by atoms with E-state index in [-0.39, 0.29) is 12.6 Å². The average Bonchev–Trinajstić information content (AvgIpc) is 3.04. The second kappa shape index (κ2) is 8.79. The van der Waals surface area contributed by atoms with Crippen molar-refractivity contribution >= 4 is 6.29 Å². The molecule has 1 heterocycles. The zero-order valence-corrected chi connectivity index (χ0v) is 15.1. The summed E-state index contributed by atoms with van der Waals surface area (Å²) in [5.41, 5.74) is 8.60. The number of ether oxygens (including phenoxy) is 2. The summed E-state index contributed by atoms with van der Waals surface area (Å²) in [5.74, 6) is 1.34. The van der Waals surface area contributed by atoms with Gasteiger partial charge in [0.1, 0.15) is 12.4 Å². The number of carbonyl (C=O) groups is 1. The first-order valence-corrected chi connectivity index (χ1v) is 9.45. The normalized spacial score (nSPS) is 29.5. The van der Waals surface area contributed by atoms with Crippen molar-refractivity contribution in [2.45, 2.75) is 63.1 Å². The molecular formula is C20H30N2O3. The maximum Gasteiger partial charge on any atom is 0.157 e. The highest BCUT2D eigenvalue weighted by atomic mass is 16.5. The smallest absolute Gasteiger partial charge is 0.157 e. The van der Waals surface area contributed by atoms with Crippen LogP contribution in [0.5, 0.6) is 5.75 Å². The fraction of sp³-hybridized carbons (Fsp3) is 0.650. The number of nitrogens with one attached hydrogen (secondary N) is 1. The van der Waals surface area contributed by atoms with E-state index < -0.39 is 0 Å². The van der Waals surface area contributed by atoms with Gasteiger partial charge >= 0.3 is 0 Å². The van der Waals surface area contributed by atoms with Gasteiger partial charge in [0, 0.05) is 17.6 Å². The Morgan fingerprint density at radius 3 is 2.72 bits per heavy atom. The lowest BCUT2D eigenvalue weighted by molar-refractivity contribution is -0.109. The second-order valence-electron chi connectivity index (χ2n) is 7.28. The predicted octanol–water partition coefficient (Wildman–Crippen LogP) is 2.30. The largest absolute Gasteiger partial charge is 0.486 e. The zero-order chi connectivity index (χ0) is 17.6. The number of aldehydes is 1. The van der Waals surface area contributed by atoms with Crippen molar-refractivity contribution in [3.05, 3.63) is 29.3 Å². The van der Waals surface area contributed by atoms with E-state index >= 15 is 0 Å². The lowest BCUT2D eigenvalue weighted by Gasteiger charge is -2.31. The van der Waals surface area contributed by atoms with Crippen LogP contribution < -0.4 is 15.8 Å². The quantitative estimate of drug-likeness (QED) is 0.741. The van der Waals surface area contributed by atoms with Crippen LogP contribution in [0.3, 0.4) is 0 Å². The van der Waals surface area contributed by atoms with Crippen molar-refractivity contribution in [3.63, 3.8) is 0 Å². The Kier molecular flexibility index (Phi) is 6.45. The van der Waals surface area contributed by atoms with Crippen LogP contribution >= 0.6 is 0 Å². The summed E-state index contributed by atoms with van der Waals surface area (Å²) in [4.78, 5) is 10.6. The number of aryl methyl sites for hydroxylation is 1. The van der Waals surface area contributed by atoms with Gasteiger partial charge in [0.15, 0.2) is 6.29 Å². The van der Waals surface area contributed by atoms with Gasteiger partial charge < -0.3 is 20.5 Å². The van der Waals surface area contributed by atoms with Gasteiger partial charge in [-0.15, -0.1) is 0 Å². The van der Waals surface area contributed by atoms with E-state index in [9.17, 15) is 4.79 Å². The molecule has 1 aliphatic carbocycles. The minimum atomic E-state index is 0.115. The molecule has 1 aromatic carbocycles. The Balaban J connectivity index is 1.54. The molecule has 2 atom stereocenters. The minimum Gasteiger partial charge on any atom is -0.486 e. The summed E-state index contributed by atoms with van der Waals surface area (Å²) in [6.45, 7) is 3.95. The Bertz CT molecular complexity index is 570. The molecule has 0 bridgehead atoms. The minimum absolute atomic E-state index is 0.115. The fourth-order valence-corrected chi connectivity index (χ4v) is 4.15. The summed E-state index contributed by atoms with van der Waals surface area (Å²) in [6, 6.07) is 6.62. The van der Waals surface area contributed by atoms with Crippen molar-refractivity contribution in [1.29, 1.82) is 0 Å². The molecule has 3 N–H and O–H groups in total. The van der Waals surface area contributed by atoms with E-state index in [1.54, 1.807) is 0 Å². The van der Waals surface area contributed by atoms with Crippen LogP contribution in [0.2, 0.25) is 0 Å². The number of hydrogen-bond donors (Lipinski definition) is 2. The van der Waals surface area contributed by atoms with Crippen LogP contribution in [0.15, 0.2) is 18.2 Å². The monoisotopic (exact) mass is 346 g/mol. The molecule has 3 rings (SSSR count). The molecule has 0 amide bonds. The molecule has 1 aromatic rings. The van der Waals surface area contributed by atoms with Crippen molar-refractivity contribution in [2.24, 2.45) is 5.73 Å². The summed E-state index contributed by atoms with van der Waals surface area (Å²) >= 11 is 0. The number of carbonyl (C=O) groups excluding carboxylic acids is 1. The molecule has 1 aliphatic heterocycles. The maximum atomic E-state index is 10.6. The van der Waals surface area contributed by atoms with E-state index in [0.717, 1.165) is 50.7 Å². The first-order valence-electron chi connectivity index (χ1n) is 9.45. The molecule has 25 heavy (non-hydrogen) atoms. The van der Waals surface area contributed by atoms with E-state index in [1.807, 2.05) is 12.1 Å². The Morgan fingerprint density at radius 1 is 1.24 bits per heavy atom. The van der Waals surface area contributed by atoms with E-state index in [4.69, 9.17) is 15.2 Å². The van der Waals surface area contributed by atoms with Crippen LogP contribution in [0.1, 0.15) is 49.1 Å². The van der Waals surface area contributed by atoms with E-state index in [2.05, 4.69) is 18.3 Å². The first kappa shape index (κ1) is 18.4. The molecule has 0 aromatic heterocycles. The van der Waals surface area contributed by atoms with Gasteiger partial charge in [0.05, 0.1) is 12.7 Å². The zero-order valence-electron chi connectivity index (χ0n) is 15.1. The molecule has 1 saturated heterocycles. The topological polar surface area (TPSA) is 73.6 Å². The van der Waals surface area contributed by atoms with Gasteiger partial charge in [-0.2, -0.15) is 0 Å². The van der Waals surface area contributed by atoms with Crippen molar-refractivity contribution in [3.8, 4) is 5.75 Å². The summed E-state index contributed by atoms with van der Waals surface area (Å²) in [5, 5.41) is 3.42. The third kappa shape index (κ3) is 4.60. The molecule has 2 aliphatic rings. The van der Waals surface area contributed by atoms with Gasteiger partial charge in [-0.05, 0) is 63.1 Å². The summed E-state index contributed by atoms with van der Waals surface area (Å²) < 4.78 is 11.8. The lowest BCUT2D eigenvalue weighted by atomic mass is 9.80. The molecule has 2 fully saturated rings. The number of nitrogens with two attached hydrogens (primary N) is 1. The fourth-order valence-electron chi connectivity index (χ4n) is 4.15. The van der Waals surface area contributed by atoms with Gasteiger partial charge in [-0.25, -0.2) is 0 Å². The highest BCUT2D eigenvalue weighted by Crippen LogP contribution is 2.40. The van der Waals surface area contributed by atoms with Gasteiger partial charge in [0.25, 0.3) is 0 Å². The van der Waals surface area contributed by atoms with E-state index in [0.29, 0.717) is 24.7 Å². The third-order valence-corrected chi connectivity index (χ3v) is 5.59. The van der Waals surface area contributed by atoms with Gasteiger partial charge in [-0.1, -0.05) is 12.1 Å². The Labute approximate surface area is 150 Å². The van der Waals surface area contributed by atoms with Gasteiger partial charge in [0.2, 0.25) is 0 Å². The lowest BCUT2D eigenvalue weighted by Crippen LogP contribution is -2.41. The van der Waals surface area contributed by atoms with E-state index in [1.165, 1.54) is 11.1 Å². The maximum absolute atomic E-state index is 10.6. The highest BCUT2D eigenvalue weighted by molar-refractivity contribution is 5.52. The molecule has 138 valence electrons. The highest BCUT2D eigenvalue weighted by Gasteiger charge is 2.28. The average molecular weight is 346 g/mol. The summed E-state index contributed by atoms with van der Waals surface area (Å²) in [7, 11) is 0. The summed E-state index contributed by atoms with van der Waals surface area (Å²) in [6.07, 6.45) is 6.49. The van der Waals surface area contributed by atoms with Crippen LogP contribution in [0, 0.1) is 6.92 Å². The van der Waals surface area contributed by atoms with Crippen LogP contribution in [-0.4, -0.2) is 44.2 Å². The molecule has 1 saturated carbocycles. The molecule has 5 heteroatoms. The van der Waals surface area contributed by atoms with Crippen LogP contribution in [-0.2, 0) is 9.53 Å². The molecule has 0 radical (unpaired) electrons. The van der Waals surface area contributed by atoms with Crippen LogP contribution in [0.4, 0.5) is 0 Å². The van der Waals surface area contributed by atoms with Crippen molar-refractivity contribution in [1.82, 2.24) is 5.32 Å².